The molecule has 0 fully saturated rings. The second-order valence-electron chi connectivity index (χ2n) is 4.53. The molecule has 0 saturated carbocycles. The lowest BCUT2D eigenvalue weighted by Crippen LogP contribution is -2.34. The first-order valence-electron chi connectivity index (χ1n) is 6.44. The van der Waals surface area contributed by atoms with Gasteiger partial charge in [-0.15, -0.1) is 11.3 Å². The minimum atomic E-state index is -1.18. The van der Waals surface area contributed by atoms with Crippen LogP contribution >= 0.6 is 11.3 Å². The standard InChI is InChI=1S/C13H15N3O4S/c1-3-4-14-9(17)5-16-7(2)15-11-10(12(16)18)8(6-21-11)13(19)20/h6H,3-5H2,1-2H3,(H,14,17)(H,19,20). The number of carboxylic acid groups (broad SMARTS) is 1. The molecule has 21 heavy (non-hydrogen) atoms. The average Bonchev–Trinajstić information content (AvgIpc) is 2.85. The van der Waals surface area contributed by atoms with E-state index in [2.05, 4.69) is 10.3 Å². The Morgan fingerprint density at radius 2 is 2.19 bits per heavy atom. The highest BCUT2D eigenvalue weighted by atomic mass is 32.1. The summed E-state index contributed by atoms with van der Waals surface area (Å²) in [6.45, 7) is 3.91. The fourth-order valence-electron chi connectivity index (χ4n) is 1.93. The first-order chi connectivity index (χ1) is 9.95. The van der Waals surface area contributed by atoms with Crippen LogP contribution in [0.15, 0.2) is 10.2 Å². The van der Waals surface area contributed by atoms with E-state index in [9.17, 15) is 14.4 Å². The lowest BCUT2D eigenvalue weighted by molar-refractivity contribution is -0.121. The van der Waals surface area contributed by atoms with Crippen molar-refractivity contribution < 1.29 is 14.7 Å². The molecule has 2 rings (SSSR count). The zero-order valence-electron chi connectivity index (χ0n) is 11.7. The third-order valence-corrected chi connectivity index (χ3v) is 3.86. The van der Waals surface area contributed by atoms with Crippen LogP contribution in [0.2, 0.25) is 0 Å². The number of nitrogens with zero attached hydrogens (tertiary/aromatic N) is 2. The molecule has 0 aliphatic carbocycles. The van der Waals surface area contributed by atoms with Crippen molar-refractivity contribution in [2.75, 3.05) is 6.54 Å². The maximum Gasteiger partial charge on any atom is 0.337 e. The van der Waals surface area contributed by atoms with Gasteiger partial charge in [-0.25, -0.2) is 9.78 Å². The van der Waals surface area contributed by atoms with Gasteiger partial charge in [0.25, 0.3) is 5.56 Å². The van der Waals surface area contributed by atoms with Crippen LogP contribution in [0.3, 0.4) is 0 Å². The van der Waals surface area contributed by atoms with E-state index in [1.165, 1.54) is 9.95 Å². The summed E-state index contributed by atoms with van der Waals surface area (Å²) >= 11 is 1.11. The van der Waals surface area contributed by atoms with Gasteiger partial charge in [0.05, 0.1) is 10.9 Å². The molecule has 2 aromatic rings. The Balaban J connectivity index is 2.49. The molecule has 0 saturated heterocycles. The number of hydrogen-bond acceptors (Lipinski definition) is 5. The topological polar surface area (TPSA) is 101 Å². The summed E-state index contributed by atoms with van der Waals surface area (Å²) in [5.74, 6) is -1.08. The molecule has 112 valence electrons. The van der Waals surface area contributed by atoms with Crippen molar-refractivity contribution in [2.45, 2.75) is 26.8 Å². The molecule has 1 amide bonds. The lowest BCUT2D eigenvalue weighted by atomic mass is 10.2. The third-order valence-electron chi connectivity index (χ3n) is 2.99. The molecule has 8 heteroatoms. The van der Waals surface area contributed by atoms with E-state index in [1.54, 1.807) is 6.92 Å². The van der Waals surface area contributed by atoms with E-state index in [4.69, 9.17) is 5.11 Å². The van der Waals surface area contributed by atoms with Crippen LogP contribution in [-0.4, -0.2) is 33.1 Å². The molecule has 0 radical (unpaired) electrons. The number of thiophene rings is 1. The first-order valence-corrected chi connectivity index (χ1v) is 7.32. The van der Waals surface area contributed by atoms with Gasteiger partial charge in [-0.3, -0.25) is 14.2 Å². The summed E-state index contributed by atoms with van der Waals surface area (Å²) in [6.07, 6.45) is 0.796. The number of hydrogen-bond donors (Lipinski definition) is 2. The van der Waals surface area contributed by atoms with E-state index in [-0.39, 0.29) is 23.4 Å². The molecule has 0 bridgehead atoms. The Bertz CT molecular complexity index is 763. The molecule has 7 nitrogen and oxygen atoms in total. The van der Waals surface area contributed by atoms with Crippen LogP contribution in [0.25, 0.3) is 10.2 Å². The molecular weight excluding hydrogens is 294 g/mol. The van der Waals surface area contributed by atoms with Crippen molar-refractivity contribution in [1.82, 2.24) is 14.9 Å². The Labute approximate surface area is 124 Å². The van der Waals surface area contributed by atoms with Gasteiger partial charge in [0.1, 0.15) is 17.2 Å². The number of carboxylic acids is 1. The normalized spacial score (nSPS) is 10.8. The fraction of sp³-hybridized carbons (Fsp3) is 0.385. The SMILES string of the molecule is CCCNC(=O)Cn1c(C)nc2scc(C(=O)O)c2c1=O. The fourth-order valence-corrected chi connectivity index (χ4v) is 2.88. The second-order valence-corrected chi connectivity index (χ2v) is 5.39. The molecule has 0 atom stereocenters. The van der Waals surface area contributed by atoms with Crippen LogP contribution in [0, 0.1) is 6.92 Å². The van der Waals surface area contributed by atoms with E-state index >= 15 is 0 Å². The monoisotopic (exact) mass is 309 g/mol. The van der Waals surface area contributed by atoms with Gasteiger partial charge in [0, 0.05) is 11.9 Å². The summed E-state index contributed by atoms with van der Waals surface area (Å²) in [5.41, 5.74) is -0.571. The Hall–Kier alpha value is -2.22. The first kappa shape index (κ1) is 15.2. The Morgan fingerprint density at radius 1 is 1.48 bits per heavy atom. The van der Waals surface area contributed by atoms with Gasteiger partial charge < -0.3 is 10.4 Å². The van der Waals surface area contributed by atoms with Crippen molar-refractivity contribution in [3.05, 3.63) is 27.1 Å². The summed E-state index contributed by atoms with van der Waals surface area (Å²) in [4.78, 5) is 39.9. The van der Waals surface area contributed by atoms with Gasteiger partial charge in [-0.05, 0) is 13.3 Å². The zero-order chi connectivity index (χ0) is 15.6. The smallest absolute Gasteiger partial charge is 0.337 e. The van der Waals surface area contributed by atoms with Crippen LogP contribution in [-0.2, 0) is 11.3 Å². The summed E-state index contributed by atoms with van der Waals surface area (Å²) in [5, 5.41) is 13.2. The number of nitrogens with one attached hydrogen (secondary N) is 1. The quantitative estimate of drug-likeness (QED) is 0.857. The highest BCUT2D eigenvalue weighted by molar-refractivity contribution is 7.17. The van der Waals surface area contributed by atoms with Crippen molar-refractivity contribution in [1.29, 1.82) is 0 Å². The Kier molecular flexibility index (Phi) is 4.37. The molecule has 0 aromatic carbocycles. The average molecular weight is 309 g/mol. The second kappa shape index (κ2) is 6.04. The van der Waals surface area contributed by atoms with Crippen LogP contribution in [0.5, 0.6) is 0 Å². The lowest BCUT2D eigenvalue weighted by Gasteiger charge is -2.09. The highest BCUT2D eigenvalue weighted by Crippen LogP contribution is 2.21. The molecular formula is C13H15N3O4S. The maximum atomic E-state index is 12.4. The van der Waals surface area contributed by atoms with Crippen LogP contribution in [0.4, 0.5) is 0 Å². The van der Waals surface area contributed by atoms with Gasteiger partial charge in [0.2, 0.25) is 5.91 Å². The predicted molar refractivity (Wildman–Crippen MR) is 78.9 cm³/mol. The van der Waals surface area contributed by atoms with Crippen molar-refractivity contribution in [3.8, 4) is 0 Å². The van der Waals surface area contributed by atoms with E-state index in [1.807, 2.05) is 6.92 Å². The van der Waals surface area contributed by atoms with Crippen molar-refractivity contribution in [3.63, 3.8) is 0 Å². The molecule has 0 unspecified atom stereocenters. The number of aromatic nitrogens is 2. The summed E-state index contributed by atoms with van der Waals surface area (Å²) < 4.78 is 1.20. The zero-order valence-corrected chi connectivity index (χ0v) is 12.5. The van der Waals surface area contributed by atoms with E-state index in [0.29, 0.717) is 17.2 Å². The predicted octanol–water partition coefficient (Wildman–Crippen LogP) is 0.991. The molecule has 2 aromatic heterocycles. The third kappa shape index (κ3) is 2.94. The van der Waals surface area contributed by atoms with Crippen LogP contribution in [0.1, 0.15) is 29.5 Å². The van der Waals surface area contributed by atoms with Crippen molar-refractivity contribution in [2.24, 2.45) is 0 Å². The summed E-state index contributed by atoms with van der Waals surface area (Å²) in [7, 11) is 0. The van der Waals surface area contributed by atoms with Gasteiger partial charge in [-0.2, -0.15) is 0 Å². The number of carbonyl (C=O) groups excluding carboxylic acids is 1. The molecule has 0 spiro atoms. The minimum Gasteiger partial charge on any atom is -0.478 e. The van der Waals surface area contributed by atoms with E-state index < -0.39 is 11.5 Å². The number of carbonyl (C=O) groups is 2. The number of amides is 1. The van der Waals surface area contributed by atoms with Gasteiger partial charge >= 0.3 is 5.97 Å². The van der Waals surface area contributed by atoms with E-state index in [0.717, 1.165) is 17.8 Å². The largest absolute Gasteiger partial charge is 0.478 e. The Morgan fingerprint density at radius 3 is 2.81 bits per heavy atom. The van der Waals surface area contributed by atoms with Crippen LogP contribution < -0.4 is 10.9 Å². The summed E-state index contributed by atoms with van der Waals surface area (Å²) in [6, 6.07) is 0. The minimum absolute atomic E-state index is 0.0568. The molecule has 0 aliphatic rings. The molecule has 2 heterocycles. The van der Waals surface area contributed by atoms with Gasteiger partial charge in [-0.1, -0.05) is 6.92 Å². The highest BCUT2D eigenvalue weighted by Gasteiger charge is 2.19. The van der Waals surface area contributed by atoms with Crippen molar-refractivity contribution >= 4 is 33.4 Å². The number of fused-ring (bicyclic) bond motifs is 1. The number of rotatable bonds is 5. The number of aryl methyl sites for hydroxylation is 1. The molecule has 0 aliphatic heterocycles. The van der Waals surface area contributed by atoms with Gasteiger partial charge in [0.15, 0.2) is 0 Å². The molecule has 2 N–H and O–H groups in total. The maximum absolute atomic E-state index is 12.4. The number of aromatic carboxylic acids is 1.